The Labute approximate surface area is 230 Å². The second-order valence-electron chi connectivity index (χ2n) is 9.16. The molecule has 4 aromatic rings. The molecule has 0 unspecified atom stereocenters. The van der Waals surface area contributed by atoms with Gasteiger partial charge in [0.15, 0.2) is 5.82 Å². The van der Waals surface area contributed by atoms with Gasteiger partial charge in [0.05, 0.1) is 28.6 Å². The molecule has 0 aliphatic carbocycles. The fraction of sp³-hybridized carbons (Fsp3) is 0.269. The fourth-order valence-electron chi connectivity index (χ4n) is 4.54. The summed E-state index contributed by atoms with van der Waals surface area (Å²) in [5.41, 5.74) is 7.17. The third-order valence-corrected chi connectivity index (χ3v) is 6.74. The number of rotatable bonds is 5. The normalized spacial score (nSPS) is 14.7. The maximum Gasteiger partial charge on any atom is 0.417 e. The summed E-state index contributed by atoms with van der Waals surface area (Å²) in [4.78, 5) is 18.7. The Bertz CT molecular complexity index is 1550. The quantitative estimate of drug-likeness (QED) is 0.264. The van der Waals surface area contributed by atoms with E-state index < -0.39 is 28.6 Å². The highest BCUT2D eigenvalue weighted by Crippen LogP contribution is 2.36. The molecule has 0 atom stereocenters. The number of amides is 2. The van der Waals surface area contributed by atoms with Gasteiger partial charge in [-0.3, -0.25) is 4.90 Å². The number of ether oxygens (including phenoxy) is 1. The maximum absolute atomic E-state index is 15.1. The largest absolute Gasteiger partial charge is 0.417 e. The summed E-state index contributed by atoms with van der Waals surface area (Å²) >= 11 is 5.61. The number of nitrogen functional groups attached to an aromatic ring is 1. The summed E-state index contributed by atoms with van der Waals surface area (Å²) in [5.74, 6) is -0.542. The standard InChI is InChI=1S/C26H24ClF4N7O2/c27-20-4-3-16(11-19(20)26(29,30)31)35-25(39)36-22-5-2-15(10-21(22)28)18-12-17(13-37-6-1-8-40-9-7-37)38-23(18)24(32)33-14-34-38/h2-5,10-12,14H,1,6-9,13H2,(H2,32,33,34)(H2,35,36,39). The number of nitrogens with zero attached hydrogens (tertiary/aromatic N) is 4. The molecular formula is C26H24ClF4N7O2. The Morgan fingerprint density at radius 3 is 2.70 bits per heavy atom. The number of urea groups is 1. The highest BCUT2D eigenvalue weighted by molar-refractivity contribution is 6.31. The van der Waals surface area contributed by atoms with E-state index in [-0.39, 0.29) is 17.2 Å². The van der Waals surface area contributed by atoms with E-state index in [1.54, 1.807) is 10.6 Å². The molecule has 2 aromatic heterocycles. The van der Waals surface area contributed by atoms with Crippen molar-refractivity contribution in [3.8, 4) is 11.1 Å². The molecule has 1 saturated heterocycles. The molecule has 0 saturated carbocycles. The number of carbonyl (C=O) groups excluding carboxylic acids is 1. The highest BCUT2D eigenvalue weighted by atomic mass is 35.5. The Hall–Kier alpha value is -3.94. The second kappa shape index (κ2) is 11.3. The van der Waals surface area contributed by atoms with Gasteiger partial charge in [0.1, 0.15) is 17.7 Å². The molecule has 1 aliphatic rings. The van der Waals surface area contributed by atoms with Gasteiger partial charge >= 0.3 is 12.2 Å². The number of nitrogens with two attached hydrogens (primary N) is 1. The van der Waals surface area contributed by atoms with Crippen LogP contribution < -0.4 is 16.4 Å². The predicted molar refractivity (Wildman–Crippen MR) is 143 cm³/mol. The molecule has 2 amide bonds. The van der Waals surface area contributed by atoms with Crippen molar-refractivity contribution in [2.45, 2.75) is 19.1 Å². The molecule has 1 fully saturated rings. The molecule has 3 heterocycles. The number of halogens is 5. The van der Waals surface area contributed by atoms with E-state index in [4.69, 9.17) is 22.1 Å². The number of anilines is 3. The van der Waals surface area contributed by atoms with E-state index in [2.05, 4.69) is 25.6 Å². The van der Waals surface area contributed by atoms with Gasteiger partial charge in [-0.2, -0.15) is 18.3 Å². The lowest BCUT2D eigenvalue weighted by atomic mass is 10.1. The lowest BCUT2D eigenvalue weighted by Crippen LogP contribution is -2.26. The molecule has 4 N–H and O–H groups in total. The van der Waals surface area contributed by atoms with Crippen molar-refractivity contribution in [2.75, 3.05) is 42.7 Å². The molecule has 5 rings (SSSR count). The lowest BCUT2D eigenvalue weighted by molar-refractivity contribution is -0.137. The van der Waals surface area contributed by atoms with Crippen LogP contribution in [0.5, 0.6) is 0 Å². The van der Waals surface area contributed by atoms with Gasteiger partial charge in [0.25, 0.3) is 0 Å². The molecule has 0 spiro atoms. The van der Waals surface area contributed by atoms with Gasteiger partial charge < -0.3 is 21.1 Å². The molecule has 40 heavy (non-hydrogen) atoms. The van der Waals surface area contributed by atoms with Crippen LogP contribution in [0.15, 0.2) is 48.8 Å². The Balaban J connectivity index is 1.37. The average Bonchev–Trinajstić information content (AvgIpc) is 3.07. The number of carbonyl (C=O) groups is 1. The van der Waals surface area contributed by atoms with E-state index in [1.165, 1.54) is 24.5 Å². The zero-order valence-corrected chi connectivity index (χ0v) is 21.7. The second-order valence-corrected chi connectivity index (χ2v) is 9.57. The summed E-state index contributed by atoms with van der Waals surface area (Å²) in [6, 6.07) is 8.03. The molecule has 1 aliphatic heterocycles. The molecule has 0 radical (unpaired) electrons. The molecule has 2 aromatic carbocycles. The predicted octanol–water partition coefficient (Wildman–Crippen LogP) is 5.66. The summed E-state index contributed by atoms with van der Waals surface area (Å²) in [7, 11) is 0. The number of aromatic nitrogens is 3. The van der Waals surface area contributed by atoms with Crippen LogP contribution >= 0.6 is 11.6 Å². The summed E-state index contributed by atoms with van der Waals surface area (Å²) in [6.45, 7) is 3.52. The minimum Gasteiger partial charge on any atom is -0.382 e. The van der Waals surface area contributed by atoms with Crippen molar-refractivity contribution in [1.29, 1.82) is 0 Å². The number of nitrogens with one attached hydrogen (secondary N) is 2. The first kappa shape index (κ1) is 27.6. The van der Waals surface area contributed by atoms with Gasteiger partial charge in [0.2, 0.25) is 0 Å². The third-order valence-electron chi connectivity index (χ3n) is 6.41. The van der Waals surface area contributed by atoms with Crippen molar-refractivity contribution in [1.82, 2.24) is 19.5 Å². The van der Waals surface area contributed by atoms with E-state index in [0.717, 1.165) is 31.3 Å². The summed E-state index contributed by atoms with van der Waals surface area (Å²) in [6.07, 6.45) is -2.44. The summed E-state index contributed by atoms with van der Waals surface area (Å²) in [5, 5.41) is 8.41. The van der Waals surface area contributed by atoms with E-state index in [1.807, 2.05) is 6.07 Å². The van der Waals surface area contributed by atoms with Crippen molar-refractivity contribution >= 4 is 40.3 Å². The minimum atomic E-state index is -4.70. The number of benzene rings is 2. The van der Waals surface area contributed by atoms with Crippen LogP contribution in [0.1, 0.15) is 17.7 Å². The van der Waals surface area contributed by atoms with Gasteiger partial charge in [-0.05, 0) is 48.4 Å². The third kappa shape index (κ3) is 5.96. The van der Waals surface area contributed by atoms with Crippen molar-refractivity contribution in [2.24, 2.45) is 0 Å². The number of fused-ring (bicyclic) bond motifs is 1. The van der Waals surface area contributed by atoms with Gasteiger partial charge in [0, 0.05) is 37.5 Å². The number of alkyl halides is 3. The first-order valence-electron chi connectivity index (χ1n) is 12.3. The van der Waals surface area contributed by atoms with Crippen molar-refractivity contribution < 1.29 is 27.1 Å². The maximum atomic E-state index is 15.1. The summed E-state index contributed by atoms with van der Waals surface area (Å²) < 4.78 is 61.7. The van der Waals surface area contributed by atoms with Crippen LogP contribution in [0.2, 0.25) is 5.02 Å². The van der Waals surface area contributed by atoms with E-state index >= 15 is 4.39 Å². The number of hydrogen-bond donors (Lipinski definition) is 3. The molecule has 14 heteroatoms. The zero-order valence-electron chi connectivity index (χ0n) is 20.9. The Morgan fingerprint density at radius 2 is 1.93 bits per heavy atom. The Kier molecular flexibility index (Phi) is 7.79. The van der Waals surface area contributed by atoms with Crippen LogP contribution in [-0.2, 0) is 17.5 Å². The first-order chi connectivity index (χ1) is 19.1. The van der Waals surface area contributed by atoms with Crippen molar-refractivity contribution in [3.63, 3.8) is 0 Å². The van der Waals surface area contributed by atoms with Gasteiger partial charge in [-0.15, -0.1) is 0 Å². The van der Waals surface area contributed by atoms with E-state index in [9.17, 15) is 18.0 Å². The fourth-order valence-corrected chi connectivity index (χ4v) is 4.76. The smallest absolute Gasteiger partial charge is 0.382 e. The zero-order chi connectivity index (χ0) is 28.4. The molecular weight excluding hydrogens is 554 g/mol. The SMILES string of the molecule is Nc1ncnn2c(CN3CCCOCC3)cc(-c3ccc(NC(=O)Nc4ccc(Cl)c(C(F)(F)F)c4)c(F)c3)c12. The topological polar surface area (TPSA) is 110 Å². The van der Waals surface area contributed by atoms with Crippen molar-refractivity contribution in [3.05, 3.63) is 70.9 Å². The van der Waals surface area contributed by atoms with E-state index in [0.29, 0.717) is 42.5 Å². The molecule has 210 valence electrons. The highest BCUT2D eigenvalue weighted by Gasteiger charge is 2.33. The van der Waals surface area contributed by atoms with Crippen LogP contribution in [0.4, 0.5) is 39.5 Å². The monoisotopic (exact) mass is 577 g/mol. The average molecular weight is 578 g/mol. The Morgan fingerprint density at radius 1 is 1.10 bits per heavy atom. The lowest BCUT2D eigenvalue weighted by Gasteiger charge is -2.18. The molecule has 9 nitrogen and oxygen atoms in total. The molecule has 0 bridgehead atoms. The van der Waals surface area contributed by atoms with Crippen LogP contribution in [0.3, 0.4) is 0 Å². The van der Waals surface area contributed by atoms with Crippen LogP contribution in [-0.4, -0.2) is 51.8 Å². The first-order valence-corrected chi connectivity index (χ1v) is 12.6. The number of hydrogen-bond acceptors (Lipinski definition) is 6. The van der Waals surface area contributed by atoms with Crippen LogP contribution in [0, 0.1) is 5.82 Å². The van der Waals surface area contributed by atoms with Gasteiger partial charge in [-0.1, -0.05) is 17.7 Å². The van der Waals surface area contributed by atoms with Crippen LogP contribution in [0.25, 0.3) is 16.6 Å². The minimum absolute atomic E-state index is 0.162. The van der Waals surface area contributed by atoms with Gasteiger partial charge in [-0.25, -0.2) is 18.7 Å².